The summed E-state index contributed by atoms with van der Waals surface area (Å²) in [6, 6.07) is 10.7. The Bertz CT molecular complexity index is 1240. The molecular weight excluding hydrogens is 348 g/mol. The zero-order chi connectivity index (χ0) is 21.5. The molecule has 3 heterocycles. The molecule has 0 saturated heterocycles. The molecule has 0 aliphatic carbocycles. The molecule has 4 aromatic rings. The van der Waals surface area contributed by atoms with Crippen LogP contribution in [0.2, 0.25) is 1.41 Å². The molecule has 0 saturated carbocycles. The first-order chi connectivity index (χ1) is 14.2. The second-order valence-electron chi connectivity index (χ2n) is 5.74. The number of nitrogens with zero attached hydrogens (tertiary/aromatic N) is 3. The van der Waals surface area contributed by atoms with E-state index in [1.165, 1.54) is 12.3 Å². The van der Waals surface area contributed by atoms with Gasteiger partial charge in [-0.1, -0.05) is 0 Å². The minimum Gasteiger partial charge on any atom is -0.496 e. The van der Waals surface area contributed by atoms with Gasteiger partial charge in [0.2, 0.25) is 0 Å². The summed E-state index contributed by atoms with van der Waals surface area (Å²) < 4.78 is 50.0. The van der Waals surface area contributed by atoms with Gasteiger partial charge in [0.25, 0.3) is 0 Å². The Morgan fingerprint density at radius 2 is 2.19 bits per heavy atom. The summed E-state index contributed by atoms with van der Waals surface area (Å²) in [7, 11) is -4.25. The quantitative estimate of drug-likeness (QED) is 0.585. The average Bonchev–Trinajstić information content (AvgIpc) is 3.32. The minimum atomic E-state index is -2.59. The van der Waals surface area contributed by atoms with Gasteiger partial charge in [-0.2, -0.15) is 0 Å². The molecule has 7 heteroatoms. The number of ether oxygens (including phenoxy) is 1. The highest BCUT2D eigenvalue weighted by Crippen LogP contribution is 2.22. The summed E-state index contributed by atoms with van der Waals surface area (Å²) in [6.45, 7) is 1.66. The number of aromatic amines is 1. The molecular formula is C19H18N4O2S. The second kappa shape index (κ2) is 6.76. The van der Waals surface area contributed by atoms with Crippen LogP contribution in [0.3, 0.4) is 0 Å². The van der Waals surface area contributed by atoms with Crippen molar-refractivity contribution in [1.29, 1.82) is 0 Å². The number of nitrogens with one attached hydrogen (secondary N) is 1. The highest BCUT2D eigenvalue weighted by Gasteiger charge is 2.15. The number of benzene rings is 1. The molecule has 0 fully saturated rings. The first kappa shape index (κ1) is 12.4. The summed E-state index contributed by atoms with van der Waals surface area (Å²) in [4.78, 5) is 9.67. The predicted octanol–water partition coefficient (Wildman–Crippen LogP) is 3.37. The third-order valence-corrected chi connectivity index (χ3v) is 5.26. The van der Waals surface area contributed by atoms with Gasteiger partial charge in [0.1, 0.15) is 5.75 Å². The molecule has 6 nitrogen and oxygen atoms in total. The number of hydrogen-bond acceptors (Lipinski definition) is 4. The fourth-order valence-corrected chi connectivity index (χ4v) is 3.77. The van der Waals surface area contributed by atoms with Crippen LogP contribution in [0.15, 0.2) is 60.1 Å². The molecule has 0 radical (unpaired) electrons. The van der Waals surface area contributed by atoms with E-state index >= 15 is 0 Å². The van der Waals surface area contributed by atoms with E-state index in [-0.39, 0.29) is 16.7 Å². The molecule has 1 atom stereocenters. The molecule has 0 spiro atoms. The van der Waals surface area contributed by atoms with E-state index < -0.39 is 17.8 Å². The standard InChI is InChI=1S/C19H18N4O2S/c1-13-17(20-8-7-18(13)25-2)12-26(24)19-21-15-6-5-14(11-16(15)22-19)23-9-3-4-10-23/h3-11H,12H2,1-2H3,(H,21,22)/i2D3/hD. The fraction of sp³-hybridized carbons (Fsp3) is 0.158. The summed E-state index contributed by atoms with van der Waals surface area (Å²) >= 11 is 0. The van der Waals surface area contributed by atoms with Gasteiger partial charge in [-0.15, -0.1) is 0 Å². The minimum absolute atomic E-state index is 0.0172. The second-order valence-corrected chi connectivity index (χ2v) is 7.09. The van der Waals surface area contributed by atoms with Gasteiger partial charge in [0, 0.05) is 29.8 Å². The third-order valence-electron chi connectivity index (χ3n) is 4.13. The largest absolute Gasteiger partial charge is 0.496 e. The van der Waals surface area contributed by atoms with E-state index in [2.05, 4.69) is 9.97 Å². The van der Waals surface area contributed by atoms with Crippen LogP contribution in [0.5, 0.6) is 5.75 Å². The highest BCUT2D eigenvalue weighted by atomic mass is 32.2. The predicted molar refractivity (Wildman–Crippen MR) is 101 cm³/mol. The van der Waals surface area contributed by atoms with Crippen LogP contribution in [0.4, 0.5) is 0 Å². The van der Waals surface area contributed by atoms with Gasteiger partial charge in [-0.3, -0.25) is 9.19 Å². The van der Waals surface area contributed by atoms with Crippen molar-refractivity contribution in [2.75, 3.05) is 7.04 Å². The smallest absolute Gasteiger partial charge is 0.197 e. The van der Waals surface area contributed by atoms with Gasteiger partial charge in [-0.05, 0) is 43.3 Å². The molecule has 0 aliphatic heterocycles. The first-order valence-electron chi connectivity index (χ1n) is 9.84. The van der Waals surface area contributed by atoms with Crippen molar-refractivity contribution in [3.63, 3.8) is 0 Å². The Balaban J connectivity index is 1.64. The zero-order valence-corrected chi connectivity index (χ0v) is 14.7. The Morgan fingerprint density at radius 1 is 1.35 bits per heavy atom. The maximum absolute atomic E-state index is 13.0. The summed E-state index contributed by atoms with van der Waals surface area (Å²) in [5.41, 5.74) is 2.90. The lowest BCUT2D eigenvalue weighted by Gasteiger charge is -2.08. The topological polar surface area (TPSA) is 72.8 Å². The van der Waals surface area contributed by atoms with Crippen LogP contribution in [0, 0.1) is 6.92 Å². The van der Waals surface area contributed by atoms with E-state index in [1.807, 2.05) is 41.2 Å². The maximum Gasteiger partial charge on any atom is 0.197 e. The van der Waals surface area contributed by atoms with Gasteiger partial charge in [0.15, 0.2) is 6.57 Å². The Labute approximate surface area is 159 Å². The lowest BCUT2D eigenvalue weighted by molar-refractivity contribution is 0.410. The van der Waals surface area contributed by atoms with Crippen molar-refractivity contribution < 1.29 is 14.5 Å². The number of imidazole rings is 1. The number of hydrogen-bond donors (Lipinski definition) is 1. The fourth-order valence-electron chi connectivity index (χ4n) is 2.70. The molecule has 1 aromatic carbocycles. The van der Waals surface area contributed by atoms with Crippen molar-refractivity contribution in [3.8, 4) is 11.4 Å². The summed E-state index contributed by atoms with van der Waals surface area (Å²) in [6.07, 6.45) is 5.22. The third kappa shape index (κ3) is 3.01. The van der Waals surface area contributed by atoms with Crippen LogP contribution in [0.1, 0.15) is 15.4 Å². The number of H-pyrrole nitrogens is 1. The number of methoxy groups -OCH3 is 1. The van der Waals surface area contributed by atoms with Crippen molar-refractivity contribution in [1.82, 2.24) is 19.5 Å². The van der Waals surface area contributed by atoms with Crippen LogP contribution in [0.25, 0.3) is 16.7 Å². The van der Waals surface area contributed by atoms with Crippen LogP contribution in [-0.4, -0.2) is 30.8 Å². The van der Waals surface area contributed by atoms with E-state index in [1.54, 1.807) is 13.0 Å². The van der Waals surface area contributed by atoms with Crippen molar-refractivity contribution in [3.05, 3.63) is 66.2 Å². The molecule has 4 rings (SSSR count). The molecule has 0 bridgehead atoms. The van der Waals surface area contributed by atoms with E-state index in [4.69, 9.17) is 10.3 Å². The van der Waals surface area contributed by atoms with Crippen molar-refractivity contribution in [2.24, 2.45) is 0 Å². The monoisotopic (exact) mass is 370 g/mol. The SMILES string of the molecule is [2H]n1c(S(=O)Cc2nccc(OC([2H])([2H])[2H])c2C)nc2cc(-n3cccc3)ccc21. The number of fused-ring (bicyclic) bond motifs is 1. The van der Waals surface area contributed by atoms with Crippen LogP contribution in [-0.2, 0) is 16.6 Å². The highest BCUT2D eigenvalue weighted by molar-refractivity contribution is 7.84. The Hall–Kier alpha value is -2.93. The Kier molecular flexibility index (Phi) is 3.23. The molecule has 0 amide bonds. The van der Waals surface area contributed by atoms with Crippen molar-refractivity contribution >= 4 is 21.8 Å². The van der Waals surface area contributed by atoms with E-state index in [9.17, 15) is 4.21 Å². The molecule has 26 heavy (non-hydrogen) atoms. The first-order valence-corrected chi connectivity index (χ1v) is 9.22. The molecule has 1 N–H and O–H groups in total. The summed E-state index contributed by atoms with van der Waals surface area (Å²) in [5.74, 6) is 0.143. The summed E-state index contributed by atoms with van der Waals surface area (Å²) in [5, 5.41) is 0.0954. The van der Waals surface area contributed by atoms with Gasteiger partial charge < -0.3 is 14.3 Å². The normalized spacial score (nSPS) is 15.1. The number of aromatic nitrogens is 4. The Morgan fingerprint density at radius 3 is 3.00 bits per heavy atom. The van der Waals surface area contributed by atoms with E-state index in [0.717, 1.165) is 10.7 Å². The molecule has 1 unspecified atom stereocenters. The van der Waals surface area contributed by atoms with Gasteiger partial charge in [-0.25, -0.2) is 4.98 Å². The van der Waals surface area contributed by atoms with Crippen molar-refractivity contribution in [2.45, 2.75) is 17.8 Å². The number of pyridine rings is 1. The maximum atomic E-state index is 13.0. The van der Waals surface area contributed by atoms with Crippen LogP contribution >= 0.6 is 0 Å². The van der Waals surface area contributed by atoms with E-state index in [0.29, 0.717) is 22.3 Å². The average molecular weight is 370 g/mol. The lowest BCUT2D eigenvalue weighted by atomic mass is 10.2. The lowest BCUT2D eigenvalue weighted by Crippen LogP contribution is -2.03. The van der Waals surface area contributed by atoms with Gasteiger partial charge in [0.05, 0.1) is 44.4 Å². The van der Waals surface area contributed by atoms with Crippen LogP contribution < -0.4 is 4.74 Å². The van der Waals surface area contributed by atoms with Gasteiger partial charge >= 0.3 is 0 Å². The zero-order valence-electron chi connectivity index (χ0n) is 17.9. The number of rotatable bonds is 5. The molecule has 132 valence electrons. The molecule has 0 aliphatic rings. The molecule has 3 aromatic heterocycles.